The summed E-state index contributed by atoms with van der Waals surface area (Å²) in [5.74, 6) is -0.533. The first kappa shape index (κ1) is 17.2. The Morgan fingerprint density at radius 3 is 2.68 bits per heavy atom. The van der Waals surface area contributed by atoms with Crippen molar-refractivity contribution in [1.29, 1.82) is 0 Å². The molecule has 0 saturated heterocycles. The van der Waals surface area contributed by atoms with E-state index >= 15 is 0 Å². The van der Waals surface area contributed by atoms with E-state index in [-0.39, 0.29) is 17.9 Å². The van der Waals surface area contributed by atoms with Crippen molar-refractivity contribution in [2.24, 2.45) is 11.8 Å². The maximum Gasteiger partial charge on any atom is 0.306 e. The summed E-state index contributed by atoms with van der Waals surface area (Å²) in [7, 11) is 0. The Hall–Kier alpha value is -2.63. The zero-order chi connectivity index (χ0) is 17.8. The summed E-state index contributed by atoms with van der Waals surface area (Å²) in [5.41, 5.74) is 0.927. The Kier molecular flexibility index (Phi) is 5.16. The number of nitrogens with one attached hydrogen (secondary N) is 1. The van der Waals surface area contributed by atoms with Gasteiger partial charge in [0.1, 0.15) is 6.04 Å². The molecule has 1 aliphatic carbocycles. The first-order valence-electron chi connectivity index (χ1n) is 8.59. The minimum atomic E-state index is -0.814. The molecule has 0 spiro atoms. The van der Waals surface area contributed by atoms with Gasteiger partial charge in [0, 0.05) is 11.5 Å². The first-order chi connectivity index (χ1) is 12.0. The molecule has 1 fully saturated rings. The maximum atomic E-state index is 12.5. The second-order valence-electron chi connectivity index (χ2n) is 6.56. The fourth-order valence-electron chi connectivity index (χ4n) is 3.27. The maximum absolute atomic E-state index is 12.5. The molecule has 3 rings (SSSR count). The molecule has 0 bridgehead atoms. The quantitative estimate of drug-likeness (QED) is 0.868. The number of aromatic nitrogens is 1. The van der Waals surface area contributed by atoms with Crippen LogP contribution in [0.25, 0.3) is 11.3 Å². The van der Waals surface area contributed by atoms with E-state index in [1.165, 1.54) is 0 Å². The molecule has 6 heteroatoms. The summed E-state index contributed by atoms with van der Waals surface area (Å²) < 4.78 is 5.76. The van der Waals surface area contributed by atoms with Crippen molar-refractivity contribution in [3.63, 3.8) is 0 Å². The molecule has 6 nitrogen and oxygen atoms in total. The van der Waals surface area contributed by atoms with Gasteiger partial charge in [-0.05, 0) is 26.2 Å². The van der Waals surface area contributed by atoms with E-state index in [9.17, 15) is 9.59 Å². The summed E-state index contributed by atoms with van der Waals surface area (Å²) in [6.07, 6.45) is 4.18. The molecule has 1 aromatic heterocycles. The monoisotopic (exact) mass is 342 g/mol. The first-order valence-corrected chi connectivity index (χ1v) is 8.59. The van der Waals surface area contributed by atoms with Crippen molar-refractivity contribution < 1.29 is 19.1 Å². The van der Waals surface area contributed by atoms with Crippen LogP contribution in [0.5, 0.6) is 0 Å². The third-order valence-electron chi connectivity index (χ3n) is 4.71. The Morgan fingerprint density at radius 2 is 1.96 bits per heavy atom. The molecule has 1 heterocycles. The van der Waals surface area contributed by atoms with Gasteiger partial charge in [0.15, 0.2) is 5.76 Å². The molecule has 1 saturated carbocycles. The van der Waals surface area contributed by atoms with E-state index < -0.39 is 11.9 Å². The largest absolute Gasteiger partial charge is 0.481 e. The Labute approximate surface area is 146 Å². The van der Waals surface area contributed by atoms with Crippen LogP contribution in [0.3, 0.4) is 0 Å². The van der Waals surface area contributed by atoms with Gasteiger partial charge in [-0.25, -0.2) is 4.98 Å². The fraction of sp³-hybridized carbons (Fsp3) is 0.421. The average molecular weight is 342 g/mol. The van der Waals surface area contributed by atoms with Gasteiger partial charge >= 0.3 is 5.97 Å². The molecule has 1 aliphatic rings. The number of carboxylic acid groups (broad SMARTS) is 1. The number of carbonyl (C=O) groups is 2. The smallest absolute Gasteiger partial charge is 0.306 e. The summed E-state index contributed by atoms with van der Waals surface area (Å²) >= 11 is 0. The number of amides is 1. The second-order valence-corrected chi connectivity index (χ2v) is 6.56. The van der Waals surface area contributed by atoms with E-state index in [4.69, 9.17) is 9.52 Å². The van der Waals surface area contributed by atoms with E-state index in [2.05, 4.69) is 10.3 Å². The molecule has 1 amide bonds. The molecule has 3 atom stereocenters. The van der Waals surface area contributed by atoms with Gasteiger partial charge in [0.2, 0.25) is 11.8 Å². The lowest BCUT2D eigenvalue weighted by Gasteiger charge is -2.26. The van der Waals surface area contributed by atoms with Crippen LogP contribution in [-0.4, -0.2) is 22.0 Å². The van der Waals surface area contributed by atoms with Crippen LogP contribution in [-0.2, 0) is 9.59 Å². The topological polar surface area (TPSA) is 92.4 Å². The minimum Gasteiger partial charge on any atom is -0.481 e. The Bertz CT molecular complexity index is 741. The van der Waals surface area contributed by atoms with Gasteiger partial charge in [-0.1, -0.05) is 36.8 Å². The fourth-order valence-corrected chi connectivity index (χ4v) is 3.27. The van der Waals surface area contributed by atoms with E-state index in [0.717, 1.165) is 18.4 Å². The standard InChI is InChI=1S/C19H22N2O4/c1-12(18-20-11-16(25-18)13-6-3-2-4-7-13)21-17(22)14-8-5-9-15(10-14)19(23)24/h2-4,6-7,11-12,14-15H,5,8-10H2,1H3,(H,21,22)(H,23,24). The predicted molar refractivity (Wildman–Crippen MR) is 91.6 cm³/mol. The van der Waals surface area contributed by atoms with Gasteiger partial charge in [-0.3, -0.25) is 9.59 Å². The van der Waals surface area contributed by atoms with Crippen molar-refractivity contribution in [2.75, 3.05) is 0 Å². The number of rotatable bonds is 5. The van der Waals surface area contributed by atoms with Crippen molar-refractivity contribution >= 4 is 11.9 Å². The lowest BCUT2D eigenvalue weighted by Crippen LogP contribution is -2.36. The van der Waals surface area contributed by atoms with E-state index in [0.29, 0.717) is 24.5 Å². The van der Waals surface area contributed by atoms with Crippen LogP contribution in [0.1, 0.15) is 44.5 Å². The third kappa shape index (κ3) is 4.07. The molecule has 1 aromatic carbocycles. The van der Waals surface area contributed by atoms with Gasteiger partial charge in [-0.15, -0.1) is 0 Å². The highest BCUT2D eigenvalue weighted by molar-refractivity contribution is 5.80. The summed E-state index contributed by atoms with van der Waals surface area (Å²) in [4.78, 5) is 27.9. The number of oxazole rings is 1. The van der Waals surface area contributed by atoms with E-state index in [1.807, 2.05) is 37.3 Å². The highest BCUT2D eigenvalue weighted by Crippen LogP contribution is 2.30. The van der Waals surface area contributed by atoms with Crippen molar-refractivity contribution in [3.05, 3.63) is 42.4 Å². The number of carboxylic acids is 1. The molecule has 2 aromatic rings. The summed E-state index contributed by atoms with van der Waals surface area (Å²) in [6, 6.07) is 9.27. The summed E-state index contributed by atoms with van der Waals surface area (Å²) in [5, 5.41) is 12.1. The normalized spacial score (nSPS) is 21.5. The van der Waals surface area contributed by atoms with Crippen LogP contribution in [0.4, 0.5) is 0 Å². The zero-order valence-corrected chi connectivity index (χ0v) is 14.1. The molecule has 0 radical (unpaired) electrons. The Balaban J connectivity index is 1.62. The number of aliphatic carboxylic acids is 1. The van der Waals surface area contributed by atoms with Crippen LogP contribution >= 0.6 is 0 Å². The lowest BCUT2D eigenvalue weighted by atomic mass is 9.81. The number of carbonyl (C=O) groups excluding carboxylic acids is 1. The minimum absolute atomic E-state index is 0.127. The number of hydrogen-bond donors (Lipinski definition) is 2. The highest BCUT2D eigenvalue weighted by atomic mass is 16.4. The van der Waals surface area contributed by atoms with Crippen LogP contribution in [0, 0.1) is 11.8 Å². The number of benzene rings is 1. The Morgan fingerprint density at radius 1 is 1.24 bits per heavy atom. The zero-order valence-electron chi connectivity index (χ0n) is 14.1. The molecular weight excluding hydrogens is 320 g/mol. The molecule has 2 N–H and O–H groups in total. The van der Waals surface area contributed by atoms with Gasteiger partial charge in [-0.2, -0.15) is 0 Å². The highest BCUT2D eigenvalue weighted by Gasteiger charge is 2.32. The van der Waals surface area contributed by atoms with Crippen molar-refractivity contribution in [2.45, 2.75) is 38.6 Å². The van der Waals surface area contributed by atoms with Crippen molar-refractivity contribution in [1.82, 2.24) is 10.3 Å². The molecule has 25 heavy (non-hydrogen) atoms. The van der Waals surface area contributed by atoms with Crippen LogP contribution in [0.2, 0.25) is 0 Å². The van der Waals surface area contributed by atoms with Gasteiger partial charge in [0.25, 0.3) is 0 Å². The molecule has 132 valence electrons. The van der Waals surface area contributed by atoms with Crippen LogP contribution < -0.4 is 5.32 Å². The molecule has 0 aliphatic heterocycles. The lowest BCUT2D eigenvalue weighted by molar-refractivity contribution is -0.144. The average Bonchev–Trinajstić information content (AvgIpc) is 3.13. The van der Waals surface area contributed by atoms with Crippen molar-refractivity contribution in [3.8, 4) is 11.3 Å². The van der Waals surface area contributed by atoms with Gasteiger partial charge < -0.3 is 14.8 Å². The third-order valence-corrected chi connectivity index (χ3v) is 4.71. The van der Waals surface area contributed by atoms with E-state index in [1.54, 1.807) is 6.20 Å². The second kappa shape index (κ2) is 7.51. The molecule has 3 unspecified atom stereocenters. The van der Waals surface area contributed by atoms with Gasteiger partial charge in [0.05, 0.1) is 12.1 Å². The number of nitrogens with zero attached hydrogens (tertiary/aromatic N) is 1. The van der Waals surface area contributed by atoms with Crippen LogP contribution in [0.15, 0.2) is 40.9 Å². The summed E-state index contributed by atoms with van der Waals surface area (Å²) in [6.45, 7) is 1.82. The predicted octanol–water partition coefficient (Wildman–Crippen LogP) is 3.41. The molecular formula is C19H22N2O4. The SMILES string of the molecule is CC(NC(=O)C1CCCC(C(=O)O)C1)c1ncc(-c2ccccc2)o1. The number of hydrogen-bond acceptors (Lipinski definition) is 4.